The van der Waals surface area contributed by atoms with Gasteiger partial charge in [-0.05, 0) is 37.1 Å². The number of alkyl halides is 3. The van der Waals surface area contributed by atoms with Gasteiger partial charge in [-0.2, -0.15) is 13.9 Å². The van der Waals surface area contributed by atoms with Crippen molar-refractivity contribution in [3.63, 3.8) is 0 Å². The van der Waals surface area contributed by atoms with E-state index in [0.29, 0.717) is 33.3 Å². The summed E-state index contributed by atoms with van der Waals surface area (Å²) in [6, 6.07) is 7.03. The average molecular weight is 459 g/mol. The number of halogens is 4. The van der Waals surface area contributed by atoms with Gasteiger partial charge >= 0.3 is 5.38 Å². The van der Waals surface area contributed by atoms with Gasteiger partial charge in [0, 0.05) is 17.7 Å². The van der Waals surface area contributed by atoms with E-state index in [1.54, 1.807) is 24.3 Å². The number of benzene rings is 1. The lowest BCUT2D eigenvalue weighted by Crippen LogP contribution is -2.30. The predicted molar refractivity (Wildman–Crippen MR) is 113 cm³/mol. The van der Waals surface area contributed by atoms with Gasteiger partial charge in [-0.3, -0.25) is 4.79 Å². The molecule has 2 aromatic heterocycles. The SMILES string of the molecule is CCCC(C)NC(=O)/C=C/c1c(-c2ccccc2Cl)nc2sc(C(F)(F)Cl)nn12. The van der Waals surface area contributed by atoms with E-state index in [9.17, 15) is 13.6 Å². The molecular weight excluding hydrogens is 441 g/mol. The maximum Gasteiger partial charge on any atom is 0.375 e. The Morgan fingerprint density at radius 3 is 2.79 bits per heavy atom. The third-order valence-corrected chi connectivity index (χ3v) is 5.71. The Morgan fingerprint density at radius 2 is 2.14 bits per heavy atom. The topological polar surface area (TPSA) is 59.3 Å². The number of rotatable bonds is 7. The third kappa shape index (κ3) is 4.94. The van der Waals surface area contributed by atoms with Crippen molar-refractivity contribution >= 4 is 51.5 Å². The minimum absolute atomic E-state index is 0.0199. The fraction of sp³-hybridized carbons (Fsp3) is 0.316. The van der Waals surface area contributed by atoms with Gasteiger partial charge in [0.15, 0.2) is 0 Å². The minimum atomic E-state index is -3.61. The van der Waals surface area contributed by atoms with Crippen LogP contribution in [-0.4, -0.2) is 26.5 Å². The van der Waals surface area contributed by atoms with Crippen LogP contribution in [0.15, 0.2) is 30.3 Å². The Labute approximate surface area is 180 Å². The molecule has 1 atom stereocenters. The minimum Gasteiger partial charge on any atom is -0.350 e. The van der Waals surface area contributed by atoms with Crippen molar-refractivity contribution in [2.24, 2.45) is 0 Å². The molecule has 0 saturated carbocycles. The first-order valence-corrected chi connectivity index (χ1v) is 10.5. The molecule has 3 aromatic rings. The number of carbonyl (C=O) groups is 1. The largest absolute Gasteiger partial charge is 0.375 e. The number of hydrogen-bond donors (Lipinski definition) is 1. The normalized spacial score (nSPS) is 13.3. The summed E-state index contributed by atoms with van der Waals surface area (Å²) in [6.45, 7) is 3.94. The Balaban J connectivity index is 2.05. The summed E-state index contributed by atoms with van der Waals surface area (Å²) < 4.78 is 28.2. The molecule has 1 aromatic carbocycles. The molecule has 0 aliphatic rings. The summed E-state index contributed by atoms with van der Waals surface area (Å²) in [4.78, 5) is 16.8. The first-order valence-electron chi connectivity index (χ1n) is 8.91. The highest BCUT2D eigenvalue weighted by molar-refractivity contribution is 7.17. The molecule has 0 saturated heterocycles. The number of imidazole rings is 1. The van der Waals surface area contributed by atoms with Crippen LogP contribution < -0.4 is 5.32 Å². The number of fused-ring (bicyclic) bond motifs is 1. The van der Waals surface area contributed by atoms with Crippen LogP contribution in [0.1, 0.15) is 37.4 Å². The molecule has 5 nitrogen and oxygen atoms in total. The molecule has 0 aliphatic carbocycles. The Morgan fingerprint density at radius 1 is 1.41 bits per heavy atom. The van der Waals surface area contributed by atoms with Crippen LogP contribution in [-0.2, 0) is 10.2 Å². The fourth-order valence-electron chi connectivity index (χ4n) is 2.83. The van der Waals surface area contributed by atoms with E-state index in [1.807, 2.05) is 13.8 Å². The van der Waals surface area contributed by atoms with Crippen molar-refractivity contribution in [2.75, 3.05) is 0 Å². The van der Waals surface area contributed by atoms with Crippen LogP contribution in [0.4, 0.5) is 8.78 Å². The van der Waals surface area contributed by atoms with E-state index in [4.69, 9.17) is 23.2 Å². The van der Waals surface area contributed by atoms with E-state index in [2.05, 4.69) is 15.4 Å². The molecule has 0 radical (unpaired) electrons. The molecule has 0 aliphatic heterocycles. The van der Waals surface area contributed by atoms with E-state index in [1.165, 1.54) is 16.7 Å². The fourth-order valence-corrected chi connectivity index (χ4v) is 3.98. The van der Waals surface area contributed by atoms with Crippen LogP contribution in [0.3, 0.4) is 0 Å². The van der Waals surface area contributed by atoms with E-state index in [-0.39, 0.29) is 16.9 Å². The second-order valence-corrected chi connectivity index (χ2v) is 8.29. The molecule has 2 heterocycles. The van der Waals surface area contributed by atoms with Crippen molar-refractivity contribution in [3.05, 3.63) is 46.1 Å². The predicted octanol–water partition coefficient (Wildman–Crippen LogP) is 5.72. The quantitative estimate of drug-likeness (QED) is 0.363. The van der Waals surface area contributed by atoms with Gasteiger partial charge in [-0.25, -0.2) is 9.50 Å². The number of carbonyl (C=O) groups excluding carboxylic acids is 1. The molecule has 1 amide bonds. The summed E-state index contributed by atoms with van der Waals surface area (Å²) in [5.41, 5.74) is 1.39. The second kappa shape index (κ2) is 8.77. The zero-order valence-electron chi connectivity index (χ0n) is 15.6. The van der Waals surface area contributed by atoms with Crippen LogP contribution in [0, 0.1) is 0 Å². The van der Waals surface area contributed by atoms with Gasteiger partial charge in [0.2, 0.25) is 15.9 Å². The highest BCUT2D eigenvalue weighted by Gasteiger charge is 2.34. The van der Waals surface area contributed by atoms with Crippen LogP contribution in [0.25, 0.3) is 22.3 Å². The van der Waals surface area contributed by atoms with Gasteiger partial charge < -0.3 is 5.32 Å². The molecule has 0 bridgehead atoms. The summed E-state index contributed by atoms with van der Waals surface area (Å²) in [5.74, 6) is -0.302. The first-order chi connectivity index (χ1) is 13.7. The number of nitrogens with zero attached hydrogens (tertiary/aromatic N) is 3. The number of hydrogen-bond acceptors (Lipinski definition) is 4. The molecule has 154 valence electrons. The zero-order valence-corrected chi connectivity index (χ0v) is 18.0. The lowest BCUT2D eigenvalue weighted by molar-refractivity contribution is -0.117. The van der Waals surface area contributed by atoms with Crippen molar-refractivity contribution in [1.29, 1.82) is 0 Å². The zero-order chi connectivity index (χ0) is 21.2. The Hall–Kier alpha value is -2.03. The Kier molecular flexibility index (Phi) is 6.55. The molecular formula is C19H18Cl2F2N4OS. The summed E-state index contributed by atoms with van der Waals surface area (Å²) >= 11 is 12.1. The van der Waals surface area contributed by atoms with Crippen molar-refractivity contribution in [1.82, 2.24) is 19.9 Å². The van der Waals surface area contributed by atoms with Crippen molar-refractivity contribution < 1.29 is 13.6 Å². The first kappa shape index (κ1) is 21.7. The number of amides is 1. The second-order valence-electron chi connectivity index (χ2n) is 6.46. The molecule has 3 rings (SSSR count). The summed E-state index contributed by atoms with van der Waals surface area (Å²) in [6.07, 6.45) is 4.61. The Bertz CT molecular complexity index is 1060. The van der Waals surface area contributed by atoms with Gasteiger partial charge in [0.1, 0.15) is 5.69 Å². The smallest absolute Gasteiger partial charge is 0.350 e. The van der Waals surface area contributed by atoms with Crippen LogP contribution >= 0.6 is 34.5 Å². The molecule has 10 heteroatoms. The van der Waals surface area contributed by atoms with Crippen LogP contribution in [0.2, 0.25) is 5.02 Å². The maximum atomic E-state index is 13.5. The maximum absolute atomic E-state index is 13.5. The number of nitrogens with one attached hydrogen (secondary N) is 1. The standard InChI is InChI=1S/C19H18Cl2F2N4OS/c1-3-6-11(2)24-15(28)10-9-14-16(12-7-4-5-8-13(12)20)25-18-27(14)26-17(29-18)19(21,22)23/h4-5,7-11H,3,6H2,1-2H3,(H,24,28)/b10-9+. The molecule has 29 heavy (non-hydrogen) atoms. The van der Waals surface area contributed by atoms with Gasteiger partial charge in [0.05, 0.1) is 10.7 Å². The van der Waals surface area contributed by atoms with Crippen molar-refractivity contribution in [2.45, 2.75) is 38.1 Å². The summed E-state index contributed by atoms with van der Waals surface area (Å²) in [5, 5.41) is 3.00. The molecule has 1 N–H and O–H groups in total. The molecule has 1 unspecified atom stereocenters. The monoisotopic (exact) mass is 458 g/mol. The van der Waals surface area contributed by atoms with Crippen molar-refractivity contribution in [3.8, 4) is 11.3 Å². The van der Waals surface area contributed by atoms with E-state index < -0.39 is 10.4 Å². The van der Waals surface area contributed by atoms with Gasteiger partial charge in [0.25, 0.3) is 0 Å². The van der Waals surface area contributed by atoms with Gasteiger partial charge in [-0.15, -0.1) is 0 Å². The highest BCUT2D eigenvalue weighted by atomic mass is 35.5. The lowest BCUT2D eigenvalue weighted by Gasteiger charge is -2.10. The average Bonchev–Trinajstić information content (AvgIpc) is 3.18. The van der Waals surface area contributed by atoms with Crippen LogP contribution in [0.5, 0.6) is 0 Å². The highest BCUT2D eigenvalue weighted by Crippen LogP contribution is 2.38. The molecule has 0 spiro atoms. The third-order valence-electron chi connectivity index (χ3n) is 4.11. The van der Waals surface area contributed by atoms with Gasteiger partial charge in [-0.1, -0.05) is 54.5 Å². The van der Waals surface area contributed by atoms with E-state index in [0.717, 1.165) is 12.8 Å². The number of aromatic nitrogens is 3. The molecule has 0 fully saturated rings. The van der Waals surface area contributed by atoms with E-state index >= 15 is 0 Å². The summed E-state index contributed by atoms with van der Waals surface area (Å²) in [7, 11) is 0. The lowest BCUT2D eigenvalue weighted by atomic mass is 10.1.